The summed E-state index contributed by atoms with van der Waals surface area (Å²) in [5, 5.41) is 4.83. The van der Waals surface area contributed by atoms with Gasteiger partial charge in [-0.3, -0.25) is 0 Å². The van der Waals surface area contributed by atoms with Crippen LogP contribution >= 0.6 is 0 Å². The number of anilines is 6. The van der Waals surface area contributed by atoms with Gasteiger partial charge in [0.25, 0.3) is 0 Å². The summed E-state index contributed by atoms with van der Waals surface area (Å²) in [7, 11) is 0. The zero-order chi connectivity index (χ0) is 55.2. The minimum absolute atomic E-state index is 0.634. The van der Waals surface area contributed by atoms with E-state index in [4.69, 9.17) is 9.47 Å². The summed E-state index contributed by atoms with van der Waals surface area (Å²) in [6.07, 6.45) is 0. The highest BCUT2D eigenvalue weighted by Gasteiger charge is 2.52. The first-order chi connectivity index (χ1) is 41.0. The van der Waals surface area contributed by atoms with Crippen LogP contribution in [0.4, 0.5) is 34.1 Å². The Kier molecular flexibility index (Phi) is 11.3. The quantitative estimate of drug-likeness (QED) is 0.122. The van der Waals surface area contributed by atoms with Crippen LogP contribution in [0.2, 0.25) is 0 Å². The molecule has 2 heterocycles. The molecule has 0 aliphatic heterocycles. The summed E-state index contributed by atoms with van der Waals surface area (Å²) >= 11 is 0. The second-order valence-corrected chi connectivity index (χ2v) is 21.7. The predicted octanol–water partition coefficient (Wildman–Crippen LogP) is 20.8. The third kappa shape index (κ3) is 7.56. The second-order valence-electron chi connectivity index (χ2n) is 21.7. The van der Waals surface area contributed by atoms with Crippen LogP contribution in [-0.2, 0) is 18.5 Å². The molecule has 0 fully saturated rings. The Bertz CT molecular complexity index is 4530. The van der Waals surface area contributed by atoms with E-state index in [2.05, 4.69) is 251 Å². The molecule has 6 heteroatoms. The van der Waals surface area contributed by atoms with E-state index in [0.29, 0.717) is 0 Å². The average Bonchev–Trinajstić information content (AvgIpc) is 4.36. The van der Waals surface area contributed by atoms with Crippen molar-refractivity contribution in [2.45, 2.75) is 32.4 Å². The third-order valence-corrected chi connectivity index (χ3v) is 17.4. The van der Waals surface area contributed by atoms with Gasteiger partial charge in [-0.05, 0) is 180 Å². The van der Waals surface area contributed by atoms with E-state index in [1.54, 1.807) is 0 Å². The Balaban J connectivity index is 0.866. The van der Waals surface area contributed by atoms with Gasteiger partial charge in [0.2, 0.25) is 0 Å². The fourth-order valence-electron chi connectivity index (χ4n) is 13.9. The molecule has 2 aliphatic rings. The highest BCUT2D eigenvalue weighted by molar-refractivity contribution is 6.11. The first kappa shape index (κ1) is 48.4. The molecule has 83 heavy (non-hydrogen) atoms. The van der Waals surface area contributed by atoms with Crippen molar-refractivity contribution in [3.63, 3.8) is 0 Å². The number of hydrogen-bond acceptors (Lipinski definition) is 4. The summed E-state index contributed by atoms with van der Waals surface area (Å²) in [6.45, 7) is 6.06. The lowest BCUT2D eigenvalue weighted by Gasteiger charge is -2.33. The molecule has 2 aromatic heterocycles. The Labute approximate surface area is 482 Å². The number of fused-ring (bicyclic) bond motifs is 16. The molecule has 0 unspecified atom stereocenters. The molecule has 16 rings (SSSR count). The maximum atomic E-state index is 6.38. The van der Waals surface area contributed by atoms with E-state index in [1.165, 1.54) is 77.1 Å². The highest BCUT2D eigenvalue weighted by atomic mass is 16.5. The van der Waals surface area contributed by atoms with Gasteiger partial charge in [0.1, 0.15) is 23.0 Å². The van der Waals surface area contributed by atoms with Crippen molar-refractivity contribution < 1.29 is 9.47 Å². The molecule has 396 valence electrons. The molecule has 0 bridgehead atoms. The molecular weight excluding hydrogens is 1010 g/mol. The average molecular weight is 1070 g/mol. The normalized spacial score (nSPS) is 12.7. The Morgan fingerprint density at radius 2 is 0.602 bits per heavy atom. The Hall–Kier alpha value is -10.6. The topological polar surface area (TPSA) is 34.8 Å². The first-order valence-electron chi connectivity index (χ1n) is 28.8. The standard InChI is InChI=1S/C77H56N4O2/c1-3-78-73-47-55(35-41-65(73)67-43-37-59(49-75(67)78)82-57-25-13-7-14-26-57)80(51-21-9-5-10-22-51)53-33-39-63-64-40-34-54(46-72(64)77(71(63)45-53)69-31-19-17-29-61(69)62-30-18-20-32-70(62)77)81(52-23-11-6-12-24-52)56-36-42-66-68-44-38-60(83-58-27-15-8-16-28-58)50-76(68)79(4-2)74(66)48-56/h5-50H,3-4H2,1-2H3. The van der Waals surface area contributed by atoms with Gasteiger partial charge in [0, 0.05) is 80.9 Å². The van der Waals surface area contributed by atoms with Crippen molar-refractivity contribution in [3.05, 3.63) is 301 Å². The zero-order valence-electron chi connectivity index (χ0n) is 46.1. The van der Waals surface area contributed by atoms with Gasteiger partial charge in [0.05, 0.1) is 27.5 Å². The molecule has 1 spiro atoms. The number of ether oxygens (including phenoxy) is 2. The van der Waals surface area contributed by atoms with E-state index in [9.17, 15) is 0 Å². The largest absolute Gasteiger partial charge is 0.457 e. The maximum Gasteiger partial charge on any atom is 0.129 e. The fourth-order valence-corrected chi connectivity index (χ4v) is 13.9. The molecule has 2 aliphatic carbocycles. The number of aromatic nitrogens is 2. The number of rotatable bonds is 12. The summed E-state index contributed by atoms with van der Waals surface area (Å²) in [4.78, 5) is 4.88. The number of para-hydroxylation sites is 4. The molecular formula is C77H56N4O2. The van der Waals surface area contributed by atoms with Gasteiger partial charge in [-0.2, -0.15) is 0 Å². The van der Waals surface area contributed by atoms with Crippen molar-refractivity contribution in [2.24, 2.45) is 0 Å². The summed E-state index contributed by atoms with van der Waals surface area (Å²) in [5.74, 6) is 3.28. The molecule has 12 aromatic carbocycles. The lowest BCUT2D eigenvalue weighted by Crippen LogP contribution is -2.26. The van der Waals surface area contributed by atoms with Crippen LogP contribution in [0, 0.1) is 0 Å². The van der Waals surface area contributed by atoms with E-state index in [1.807, 2.05) is 60.7 Å². The predicted molar refractivity (Wildman–Crippen MR) is 342 cm³/mol. The summed E-state index contributed by atoms with van der Waals surface area (Å²) in [6, 6.07) is 101. The van der Waals surface area contributed by atoms with Crippen LogP contribution < -0.4 is 19.3 Å². The van der Waals surface area contributed by atoms with Crippen molar-refractivity contribution in [2.75, 3.05) is 9.80 Å². The number of benzene rings is 12. The number of hydrogen-bond donors (Lipinski definition) is 0. The van der Waals surface area contributed by atoms with Crippen molar-refractivity contribution >= 4 is 77.7 Å². The van der Waals surface area contributed by atoms with Crippen LogP contribution in [0.15, 0.2) is 279 Å². The zero-order valence-corrected chi connectivity index (χ0v) is 46.1. The van der Waals surface area contributed by atoms with E-state index in [0.717, 1.165) is 81.2 Å². The Morgan fingerprint density at radius 3 is 1.01 bits per heavy atom. The molecule has 0 radical (unpaired) electrons. The fraction of sp³-hybridized carbons (Fsp3) is 0.0649. The third-order valence-electron chi connectivity index (χ3n) is 17.4. The van der Waals surface area contributed by atoms with Gasteiger partial charge >= 0.3 is 0 Å². The van der Waals surface area contributed by atoms with Crippen molar-refractivity contribution in [3.8, 4) is 45.3 Å². The molecule has 0 atom stereocenters. The molecule has 0 saturated heterocycles. The maximum absolute atomic E-state index is 6.38. The van der Waals surface area contributed by atoms with E-state index < -0.39 is 5.41 Å². The van der Waals surface area contributed by atoms with Crippen LogP contribution in [0.3, 0.4) is 0 Å². The van der Waals surface area contributed by atoms with Gasteiger partial charge in [0.15, 0.2) is 0 Å². The first-order valence-corrected chi connectivity index (χ1v) is 28.8. The smallest absolute Gasteiger partial charge is 0.129 e. The lowest BCUT2D eigenvalue weighted by molar-refractivity contribution is 0.483. The summed E-state index contributed by atoms with van der Waals surface area (Å²) < 4.78 is 17.6. The molecule has 0 amide bonds. The van der Waals surface area contributed by atoms with Crippen LogP contribution in [0.5, 0.6) is 23.0 Å². The summed E-state index contributed by atoms with van der Waals surface area (Å²) in [5.41, 5.74) is 20.7. The molecule has 0 saturated carbocycles. The molecule has 14 aromatic rings. The number of aryl methyl sites for hydroxylation is 2. The van der Waals surface area contributed by atoms with Gasteiger partial charge in [-0.1, -0.05) is 146 Å². The van der Waals surface area contributed by atoms with Crippen molar-refractivity contribution in [1.82, 2.24) is 9.13 Å². The lowest BCUT2D eigenvalue weighted by atomic mass is 9.70. The highest BCUT2D eigenvalue weighted by Crippen LogP contribution is 2.64. The Morgan fingerprint density at radius 1 is 0.277 bits per heavy atom. The van der Waals surface area contributed by atoms with Crippen LogP contribution in [-0.4, -0.2) is 9.13 Å². The van der Waals surface area contributed by atoms with Crippen molar-refractivity contribution in [1.29, 1.82) is 0 Å². The van der Waals surface area contributed by atoms with Gasteiger partial charge < -0.3 is 28.4 Å². The van der Waals surface area contributed by atoms with Crippen LogP contribution in [0.1, 0.15) is 36.1 Å². The van der Waals surface area contributed by atoms with Gasteiger partial charge in [-0.25, -0.2) is 0 Å². The molecule has 0 N–H and O–H groups in total. The van der Waals surface area contributed by atoms with E-state index >= 15 is 0 Å². The number of nitrogens with zero attached hydrogens (tertiary/aromatic N) is 4. The minimum atomic E-state index is -0.634. The SMILES string of the molecule is CCn1c2cc(Oc3ccccc3)ccc2c2ccc(N(c3ccccc3)c3ccc4c(c3)C3(c5ccccc5-c5ccccc53)c3cc(N(c5ccccc5)c5ccc6c7ccc(Oc8ccccc8)cc7n(CC)c6c5)ccc3-4)cc21. The van der Waals surface area contributed by atoms with Crippen LogP contribution in [0.25, 0.3) is 65.9 Å². The second kappa shape index (κ2) is 19.3. The van der Waals surface area contributed by atoms with E-state index in [-0.39, 0.29) is 0 Å². The van der Waals surface area contributed by atoms with Gasteiger partial charge in [-0.15, -0.1) is 0 Å². The molecule has 6 nitrogen and oxygen atoms in total. The monoisotopic (exact) mass is 1070 g/mol. The minimum Gasteiger partial charge on any atom is -0.457 e.